The minimum Gasteiger partial charge on any atom is -0.375 e. The largest absolute Gasteiger partial charge is 0.423 e. The van der Waals surface area contributed by atoms with Gasteiger partial charge in [-0.25, -0.2) is 0 Å². The van der Waals surface area contributed by atoms with E-state index in [-0.39, 0.29) is 5.69 Å². The molecule has 0 bridgehead atoms. The Kier molecular flexibility index (Phi) is 6.21. The number of rotatable bonds is 4. The van der Waals surface area contributed by atoms with E-state index in [1.54, 1.807) is 5.32 Å². The lowest BCUT2D eigenvalue weighted by molar-refractivity contribution is -0.264. The van der Waals surface area contributed by atoms with Crippen LogP contribution in [-0.2, 0) is 21.4 Å². The van der Waals surface area contributed by atoms with Gasteiger partial charge in [0, 0.05) is 5.69 Å². The zero-order chi connectivity index (χ0) is 21.9. The first-order valence-electron chi connectivity index (χ1n) is 7.95. The average molecular weight is 420 g/mol. The molecule has 1 unspecified atom stereocenters. The molecular weight excluding hydrogens is 406 g/mol. The van der Waals surface area contributed by atoms with E-state index < -0.39 is 47.4 Å². The first-order valence-corrected chi connectivity index (χ1v) is 7.95. The molecule has 5 nitrogen and oxygen atoms in total. The maximum Gasteiger partial charge on any atom is 0.423 e. The lowest BCUT2D eigenvalue weighted by Gasteiger charge is -2.31. The van der Waals surface area contributed by atoms with Gasteiger partial charge in [-0.05, 0) is 23.8 Å². The molecule has 2 aromatic carbocycles. The average Bonchev–Trinajstić information content (AvgIpc) is 2.65. The zero-order valence-electron chi connectivity index (χ0n) is 14.4. The van der Waals surface area contributed by atoms with Crippen LogP contribution in [0.4, 0.5) is 32.0 Å². The summed E-state index contributed by atoms with van der Waals surface area (Å²) in [4.78, 5) is 23.6. The van der Waals surface area contributed by atoms with Crippen LogP contribution in [0.1, 0.15) is 11.1 Å². The van der Waals surface area contributed by atoms with Crippen molar-refractivity contribution in [2.75, 3.05) is 11.9 Å². The highest BCUT2D eigenvalue weighted by molar-refractivity contribution is 6.39. The number of halogens is 6. The number of aliphatic hydroxyl groups is 1. The second-order valence-electron chi connectivity index (χ2n) is 5.94. The molecule has 0 radical (unpaired) electrons. The van der Waals surface area contributed by atoms with Crippen LogP contribution in [0.5, 0.6) is 0 Å². The summed E-state index contributed by atoms with van der Waals surface area (Å²) < 4.78 is 78.0. The molecule has 0 saturated carbocycles. The van der Waals surface area contributed by atoms with Crippen molar-refractivity contribution in [1.29, 1.82) is 0 Å². The number of anilines is 1. The molecule has 0 aliphatic heterocycles. The summed E-state index contributed by atoms with van der Waals surface area (Å²) in [5, 5.41) is 13.6. The number of benzene rings is 2. The number of amides is 2. The summed E-state index contributed by atoms with van der Waals surface area (Å²) in [5.74, 6) is -3.07. The molecule has 3 N–H and O–H groups in total. The van der Waals surface area contributed by atoms with Crippen LogP contribution < -0.4 is 10.6 Å². The molecule has 2 rings (SSSR count). The molecule has 156 valence electrons. The SMILES string of the molecule is O=C(NCC(O)(c1ccccc1)C(F)(F)F)C(=O)Nc1cccc(C(F)(F)F)c1. The van der Waals surface area contributed by atoms with Gasteiger partial charge in [0.15, 0.2) is 0 Å². The molecule has 0 spiro atoms. The molecule has 2 aromatic rings. The van der Waals surface area contributed by atoms with Crippen LogP contribution >= 0.6 is 0 Å². The molecule has 0 aliphatic rings. The molecular formula is C18H14F6N2O3. The Bertz CT molecular complexity index is 883. The Labute approximate surface area is 160 Å². The summed E-state index contributed by atoms with van der Waals surface area (Å²) in [7, 11) is 0. The minimum atomic E-state index is -5.18. The van der Waals surface area contributed by atoms with E-state index in [0.29, 0.717) is 6.07 Å². The third-order valence-corrected chi connectivity index (χ3v) is 3.88. The van der Waals surface area contributed by atoms with Crippen LogP contribution in [0, 0.1) is 0 Å². The van der Waals surface area contributed by atoms with Gasteiger partial charge in [-0.1, -0.05) is 36.4 Å². The monoisotopic (exact) mass is 420 g/mol. The summed E-state index contributed by atoms with van der Waals surface area (Å²) in [5.41, 5.74) is -5.51. The summed E-state index contributed by atoms with van der Waals surface area (Å²) in [6.07, 6.45) is -9.87. The van der Waals surface area contributed by atoms with Crippen molar-refractivity contribution in [3.63, 3.8) is 0 Å². The predicted molar refractivity (Wildman–Crippen MR) is 89.5 cm³/mol. The Hall–Kier alpha value is -3.08. The minimum absolute atomic E-state index is 0.380. The fourth-order valence-corrected chi connectivity index (χ4v) is 2.33. The van der Waals surface area contributed by atoms with E-state index in [9.17, 15) is 41.0 Å². The highest BCUT2D eigenvalue weighted by atomic mass is 19.4. The highest BCUT2D eigenvalue weighted by Gasteiger charge is 2.55. The van der Waals surface area contributed by atoms with E-state index in [0.717, 1.165) is 30.3 Å². The lowest BCUT2D eigenvalue weighted by Crippen LogP contribution is -2.52. The van der Waals surface area contributed by atoms with Crippen LogP contribution in [0.25, 0.3) is 0 Å². The quantitative estimate of drug-likeness (QED) is 0.525. The van der Waals surface area contributed by atoms with Gasteiger partial charge in [0.1, 0.15) is 0 Å². The molecule has 0 fully saturated rings. The van der Waals surface area contributed by atoms with Gasteiger partial charge in [-0.15, -0.1) is 0 Å². The molecule has 11 heteroatoms. The Morgan fingerprint density at radius 1 is 0.828 bits per heavy atom. The number of carbonyl (C=O) groups excluding carboxylic acids is 2. The van der Waals surface area contributed by atoms with Crippen LogP contribution in [0.3, 0.4) is 0 Å². The predicted octanol–water partition coefficient (Wildman–Crippen LogP) is 3.21. The first kappa shape index (κ1) is 22.2. The standard InChI is InChI=1S/C18H14F6N2O3/c19-17(20,21)12-7-4-8-13(9-12)26-15(28)14(27)25-10-16(29,18(22,23)24)11-5-2-1-3-6-11/h1-9,29H,10H2,(H,25,27)(H,26,28). The van der Waals surface area contributed by atoms with Gasteiger partial charge in [0.2, 0.25) is 5.60 Å². The van der Waals surface area contributed by atoms with Crippen molar-refractivity contribution < 1.29 is 41.0 Å². The lowest BCUT2D eigenvalue weighted by atomic mass is 9.93. The van der Waals surface area contributed by atoms with Crippen molar-refractivity contribution in [3.05, 3.63) is 65.7 Å². The topological polar surface area (TPSA) is 78.4 Å². The molecule has 0 aliphatic carbocycles. The molecule has 1 atom stereocenters. The fraction of sp³-hybridized carbons (Fsp3) is 0.222. The maximum absolute atomic E-state index is 13.3. The van der Waals surface area contributed by atoms with Crippen LogP contribution in [0.2, 0.25) is 0 Å². The van der Waals surface area contributed by atoms with Crippen LogP contribution in [0.15, 0.2) is 54.6 Å². The first-order chi connectivity index (χ1) is 13.3. The number of hydrogen-bond donors (Lipinski definition) is 3. The second kappa shape index (κ2) is 8.11. The van der Waals surface area contributed by atoms with Crippen LogP contribution in [-0.4, -0.2) is 29.6 Å². The van der Waals surface area contributed by atoms with E-state index in [1.807, 2.05) is 5.32 Å². The van der Waals surface area contributed by atoms with Crippen molar-refractivity contribution in [2.24, 2.45) is 0 Å². The third kappa shape index (κ3) is 5.25. The Morgan fingerprint density at radius 3 is 1.97 bits per heavy atom. The van der Waals surface area contributed by atoms with Gasteiger partial charge in [-0.2, -0.15) is 26.3 Å². The van der Waals surface area contributed by atoms with Gasteiger partial charge in [0.05, 0.1) is 12.1 Å². The van der Waals surface area contributed by atoms with Gasteiger partial charge in [0.25, 0.3) is 0 Å². The molecule has 29 heavy (non-hydrogen) atoms. The van der Waals surface area contributed by atoms with Crippen molar-refractivity contribution in [3.8, 4) is 0 Å². The Morgan fingerprint density at radius 2 is 1.41 bits per heavy atom. The van der Waals surface area contributed by atoms with E-state index in [2.05, 4.69) is 0 Å². The van der Waals surface area contributed by atoms with E-state index >= 15 is 0 Å². The van der Waals surface area contributed by atoms with Gasteiger partial charge in [-0.3, -0.25) is 9.59 Å². The number of hydrogen-bond acceptors (Lipinski definition) is 3. The zero-order valence-corrected chi connectivity index (χ0v) is 14.4. The van der Waals surface area contributed by atoms with Gasteiger partial charge >= 0.3 is 24.2 Å². The summed E-state index contributed by atoms with van der Waals surface area (Å²) >= 11 is 0. The summed E-state index contributed by atoms with van der Waals surface area (Å²) in [6.45, 7) is -1.38. The number of alkyl halides is 6. The molecule has 0 saturated heterocycles. The number of nitrogens with one attached hydrogen (secondary N) is 2. The smallest absolute Gasteiger partial charge is 0.375 e. The molecule has 0 aromatic heterocycles. The van der Waals surface area contributed by atoms with Crippen molar-refractivity contribution in [1.82, 2.24) is 5.32 Å². The second-order valence-corrected chi connectivity index (χ2v) is 5.94. The third-order valence-electron chi connectivity index (χ3n) is 3.88. The number of carbonyl (C=O) groups is 2. The van der Waals surface area contributed by atoms with Gasteiger partial charge < -0.3 is 15.7 Å². The normalized spacial score (nSPS) is 14.0. The Balaban J connectivity index is 2.10. The maximum atomic E-state index is 13.3. The van der Waals surface area contributed by atoms with Crippen molar-refractivity contribution >= 4 is 17.5 Å². The van der Waals surface area contributed by atoms with Crippen molar-refractivity contribution in [2.45, 2.75) is 18.0 Å². The molecule has 0 heterocycles. The fourth-order valence-electron chi connectivity index (χ4n) is 2.33. The van der Waals surface area contributed by atoms with E-state index in [4.69, 9.17) is 0 Å². The van der Waals surface area contributed by atoms with E-state index in [1.165, 1.54) is 18.2 Å². The highest BCUT2D eigenvalue weighted by Crippen LogP contribution is 2.38. The molecule has 2 amide bonds. The summed E-state index contributed by atoms with van der Waals surface area (Å²) in [6, 6.07) is 9.22.